The van der Waals surface area contributed by atoms with Gasteiger partial charge in [0.1, 0.15) is 0 Å². The number of hydrogen-bond acceptors (Lipinski definition) is 5. The standard InChI is InChI=1S/C14H18ClN5OS/c1-9(2)8-16-13(21)10(3)22-14-17-18-19-20(14)12-6-4-5-11(15)7-12/h4-7,9-10H,8H2,1-3H3,(H,16,21)/t10-/m0/s1. The smallest absolute Gasteiger partial charge is 0.233 e. The van der Waals surface area contributed by atoms with E-state index in [4.69, 9.17) is 11.6 Å². The molecule has 0 aliphatic heterocycles. The second kappa shape index (κ2) is 7.60. The number of rotatable bonds is 6. The zero-order valence-electron chi connectivity index (χ0n) is 12.7. The lowest BCUT2D eigenvalue weighted by Gasteiger charge is -2.13. The third-order valence-electron chi connectivity index (χ3n) is 2.83. The number of thioether (sulfide) groups is 1. The summed E-state index contributed by atoms with van der Waals surface area (Å²) in [6.45, 7) is 6.59. The predicted molar refractivity (Wildman–Crippen MR) is 87.3 cm³/mol. The Kier molecular flexibility index (Phi) is 5.79. The van der Waals surface area contributed by atoms with Gasteiger partial charge in [-0.25, -0.2) is 0 Å². The van der Waals surface area contributed by atoms with Gasteiger partial charge in [0, 0.05) is 11.6 Å². The van der Waals surface area contributed by atoms with Gasteiger partial charge < -0.3 is 5.32 Å². The van der Waals surface area contributed by atoms with Crippen molar-refractivity contribution in [3.05, 3.63) is 29.3 Å². The Morgan fingerprint density at radius 2 is 2.18 bits per heavy atom. The number of halogens is 1. The van der Waals surface area contributed by atoms with E-state index in [0.29, 0.717) is 22.6 Å². The number of carbonyl (C=O) groups is 1. The number of amides is 1. The van der Waals surface area contributed by atoms with Crippen LogP contribution in [0.4, 0.5) is 0 Å². The van der Waals surface area contributed by atoms with Crippen molar-refractivity contribution in [3.63, 3.8) is 0 Å². The van der Waals surface area contributed by atoms with Crippen LogP contribution in [0.2, 0.25) is 5.02 Å². The maximum absolute atomic E-state index is 12.0. The molecule has 1 aromatic heterocycles. The topological polar surface area (TPSA) is 72.7 Å². The Morgan fingerprint density at radius 1 is 1.41 bits per heavy atom. The SMILES string of the molecule is CC(C)CNC(=O)[C@H](C)Sc1nnnn1-c1cccc(Cl)c1. The molecular weight excluding hydrogens is 322 g/mol. The van der Waals surface area contributed by atoms with E-state index in [0.717, 1.165) is 5.69 Å². The number of tetrazole rings is 1. The number of benzene rings is 1. The maximum atomic E-state index is 12.0. The summed E-state index contributed by atoms with van der Waals surface area (Å²) < 4.78 is 1.57. The molecule has 0 saturated heterocycles. The Balaban J connectivity index is 2.08. The lowest BCUT2D eigenvalue weighted by molar-refractivity contribution is -0.120. The molecule has 2 rings (SSSR count). The normalized spacial score (nSPS) is 12.4. The molecule has 22 heavy (non-hydrogen) atoms. The van der Waals surface area contributed by atoms with Crippen LogP contribution in [-0.2, 0) is 4.79 Å². The number of carbonyl (C=O) groups excluding carboxylic acids is 1. The average molecular weight is 340 g/mol. The second-order valence-corrected chi connectivity index (χ2v) is 7.00. The van der Waals surface area contributed by atoms with Gasteiger partial charge in [-0.3, -0.25) is 4.79 Å². The van der Waals surface area contributed by atoms with E-state index in [-0.39, 0.29) is 11.2 Å². The third kappa shape index (κ3) is 4.45. The van der Waals surface area contributed by atoms with Crippen molar-refractivity contribution in [3.8, 4) is 5.69 Å². The van der Waals surface area contributed by atoms with Crippen LogP contribution < -0.4 is 5.32 Å². The van der Waals surface area contributed by atoms with Gasteiger partial charge in [-0.2, -0.15) is 4.68 Å². The molecule has 0 unspecified atom stereocenters. The maximum Gasteiger partial charge on any atom is 0.233 e. The van der Waals surface area contributed by atoms with E-state index in [1.54, 1.807) is 16.8 Å². The van der Waals surface area contributed by atoms with E-state index in [2.05, 4.69) is 34.7 Å². The van der Waals surface area contributed by atoms with Gasteiger partial charge in [0.15, 0.2) is 0 Å². The Bertz CT molecular complexity index is 646. The van der Waals surface area contributed by atoms with Crippen LogP contribution in [0.25, 0.3) is 5.69 Å². The van der Waals surface area contributed by atoms with Gasteiger partial charge in [-0.05, 0) is 41.5 Å². The van der Waals surface area contributed by atoms with E-state index in [1.807, 2.05) is 19.1 Å². The molecule has 6 nitrogen and oxygen atoms in total. The van der Waals surface area contributed by atoms with Crippen molar-refractivity contribution < 1.29 is 4.79 Å². The minimum atomic E-state index is -0.289. The highest BCUT2D eigenvalue weighted by atomic mass is 35.5. The minimum Gasteiger partial charge on any atom is -0.355 e. The van der Waals surface area contributed by atoms with E-state index < -0.39 is 0 Å². The van der Waals surface area contributed by atoms with Gasteiger partial charge in [0.2, 0.25) is 11.1 Å². The van der Waals surface area contributed by atoms with Crippen molar-refractivity contribution in [2.24, 2.45) is 5.92 Å². The summed E-state index contributed by atoms with van der Waals surface area (Å²) in [7, 11) is 0. The molecule has 0 saturated carbocycles. The van der Waals surface area contributed by atoms with Crippen LogP contribution in [0, 0.1) is 5.92 Å². The molecule has 0 aliphatic rings. The molecule has 0 spiro atoms. The summed E-state index contributed by atoms with van der Waals surface area (Å²) in [6, 6.07) is 7.23. The largest absolute Gasteiger partial charge is 0.355 e. The van der Waals surface area contributed by atoms with Gasteiger partial charge in [-0.15, -0.1) is 5.10 Å². The van der Waals surface area contributed by atoms with Crippen molar-refractivity contribution in [2.45, 2.75) is 31.2 Å². The van der Waals surface area contributed by atoms with Crippen LogP contribution in [-0.4, -0.2) is 37.9 Å². The first kappa shape index (κ1) is 16.8. The monoisotopic (exact) mass is 339 g/mol. The van der Waals surface area contributed by atoms with Crippen molar-refractivity contribution >= 4 is 29.3 Å². The minimum absolute atomic E-state index is 0.0284. The fourth-order valence-corrected chi connectivity index (χ4v) is 2.70. The first-order valence-corrected chi connectivity index (χ1v) is 8.22. The molecule has 1 atom stereocenters. The van der Waals surface area contributed by atoms with Crippen LogP contribution in [0.15, 0.2) is 29.4 Å². The van der Waals surface area contributed by atoms with Crippen LogP contribution >= 0.6 is 23.4 Å². The Hall–Kier alpha value is -1.60. The summed E-state index contributed by atoms with van der Waals surface area (Å²) in [5.74, 6) is 0.386. The van der Waals surface area contributed by atoms with Gasteiger partial charge >= 0.3 is 0 Å². The van der Waals surface area contributed by atoms with E-state index in [1.165, 1.54) is 11.8 Å². The van der Waals surface area contributed by atoms with Crippen molar-refractivity contribution in [2.75, 3.05) is 6.54 Å². The van der Waals surface area contributed by atoms with Crippen LogP contribution in [0.1, 0.15) is 20.8 Å². The fourth-order valence-electron chi connectivity index (χ4n) is 1.68. The Labute approximate surface area is 138 Å². The van der Waals surface area contributed by atoms with Crippen molar-refractivity contribution in [1.29, 1.82) is 0 Å². The molecule has 1 aromatic carbocycles. The first-order chi connectivity index (χ1) is 10.5. The van der Waals surface area contributed by atoms with Crippen molar-refractivity contribution in [1.82, 2.24) is 25.5 Å². The fraction of sp³-hybridized carbons (Fsp3) is 0.429. The zero-order chi connectivity index (χ0) is 16.1. The highest BCUT2D eigenvalue weighted by Crippen LogP contribution is 2.24. The molecule has 2 aromatic rings. The van der Waals surface area contributed by atoms with Crippen LogP contribution in [0.3, 0.4) is 0 Å². The lowest BCUT2D eigenvalue weighted by Crippen LogP contribution is -2.33. The van der Waals surface area contributed by atoms with Gasteiger partial charge in [0.25, 0.3) is 0 Å². The summed E-state index contributed by atoms with van der Waals surface area (Å²) in [5, 5.41) is 15.4. The number of nitrogens with one attached hydrogen (secondary N) is 1. The highest BCUT2D eigenvalue weighted by molar-refractivity contribution is 8.00. The molecule has 0 radical (unpaired) electrons. The molecule has 0 fully saturated rings. The summed E-state index contributed by atoms with van der Waals surface area (Å²) in [4.78, 5) is 12.0. The molecule has 0 bridgehead atoms. The molecule has 118 valence electrons. The second-order valence-electron chi connectivity index (χ2n) is 5.25. The Morgan fingerprint density at radius 3 is 2.86 bits per heavy atom. The van der Waals surface area contributed by atoms with Gasteiger partial charge in [-0.1, -0.05) is 43.3 Å². The molecule has 1 amide bonds. The van der Waals surface area contributed by atoms with Crippen LogP contribution in [0.5, 0.6) is 0 Å². The summed E-state index contributed by atoms with van der Waals surface area (Å²) in [6.07, 6.45) is 0. The quantitative estimate of drug-likeness (QED) is 0.819. The summed E-state index contributed by atoms with van der Waals surface area (Å²) in [5.41, 5.74) is 0.759. The van der Waals surface area contributed by atoms with Gasteiger partial charge in [0.05, 0.1) is 10.9 Å². The highest BCUT2D eigenvalue weighted by Gasteiger charge is 2.19. The number of nitrogens with zero attached hydrogens (tertiary/aromatic N) is 4. The average Bonchev–Trinajstić information content (AvgIpc) is 2.92. The zero-order valence-corrected chi connectivity index (χ0v) is 14.2. The third-order valence-corrected chi connectivity index (χ3v) is 4.10. The molecule has 1 N–H and O–H groups in total. The lowest BCUT2D eigenvalue weighted by atomic mass is 10.2. The number of hydrogen-bond donors (Lipinski definition) is 1. The summed E-state index contributed by atoms with van der Waals surface area (Å²) >= 11 is 7.30. The predicted octanol–water partition coefficient (Wildman–Crippen LogP) is 2.57. The molecule has 0 aliphatic carbocycles. The molecular formula is C14H18ClN5OS. The number of aromatic nitrogens is 4. The molecule has 8 heteroatoms. The van der Waals surface area contributed by atoms with E-state index in [9.17, 15) is 4.79 Å². The van der Waals surface area contributed by atoms with E-state index >= 15 is 0 Å². The first-order valence-electron chi connectivity index (χ1n) is 6.96. The molecule has 1 heterocycles.